The number of imidazole rings is 1. The number of ketones is 1. The minimum Gasteiger partial charge on any atom is -0.324 e. The Kier molecular flexibility index (Phi) is 5.99. The van der Waals surface area contributed by atoms with Gasteiger partial charge in [0.2, 0.25) is 18.0 Å². The molecule has 0 aliphatic rings. The first kappa shape index (κ1) is 20.0. The van der Waals surface area contributed by atoms with E-state index in [1.807, 2.05) is 70.3 Å². The van der Waals surface area contributed by atoms with Gasteiger partial charge < -0.3 is 5.32 Å². The molecule has 0 saturated heterocycles. The molecule has 1 amide bonds. The maximum absolute atomic E-state index is 12.4. The lowest BCUT2D eigenvalue weighted by atomic mass is 10.1. The van der Waals surface area contributed by atoms with E-state index < -0.39 is 0 Å². The molecule has 2 aromatic heterocycles. The summed E-state index contributed by atoms with van der Waals surface area (Å²) < 4.78 is 4.66. The zero-order valence-electron chi connectivity index (χ0n) is 16.2. The molecule has 1 N–H and O–H groups in total. The van der Waals surface area contributed by atoms with Crippen molar-refractivity contribution in [3.05, 3.63) is 89.6 Å². The van der Waals surface area contributed by atoms with Crippen LogP contribution in [0.3, 0.4) is 0 Å². The fourth-order valence-electron chi connectivity index (χ4n) is 3.21. The Morgan fingerprint density at radius 2 is 1.87 bits per heavy atom. The van der Waals surface area contributed by atoms with Crippen LogP contribution in [-0.2, 0) is 17.9 Å². The van der Waals surface area contributed by atoms with Gasteiger partial charge in [-0.1, -0.05) is 46.3 Å². The van der Waals surface area contributed by atoms with Crippen LogP contribution in [0.4, 0.5) is 5.69 Å². The van der Waals surface area contributed by atoms with Crippen LogP contribution >= 0.6 is 15.9 Å². The Morgan fingerprint density at radius 3 is 2.70 bits per heavy atom. The highest BCUT2D eigenvalue weighted by Gasteiger charge is 2.13. The number of carbonyl (C=O) groups is 2. The maximum Gasteiger partial charge on any atom is 0.244 e. The summed E-state index contributed by atoms with van der Waals surface area (Å²) in [7, 11) is 0. The van der Waals surface area contributed by atoms with Crippen molar-refractivity contribution in [3.63, 3.8) is 0 Å². The highest BCUT2D eigenvalue weighted by Crippen LogP contribution is 2.20. The molecule has 6 nitrogen and oxygen atoms in total. The number of nitrogens with one attached hydrogen (secondary N) is 1. The van der Waals surface area contributed by atoms with E-state index in [0.717, 1.165) is 15.4 Å². The SMILES string of the molecule is O=C(CCn1cc[n+](CC(=O)c2ccc(Br)cc2)c1)Nc1cccc2cccnc12. The molecule has 150 valence electrons. The average molecular weight is 464 g/mol. The number of amides is 1. The van der Waals surface area contributed by atoms with Crippen LogP contribution in [0.25, 0.3) is 10.9 Å². The molecule has 2 heterocycles. The van der Waals surface area contributed by atoms with Crippen molar-refractivity contribution in [3.8, 4) is 0 Å². The molecule has 0 radical (unpaired) electrons. The number of aromatic nitrogens is 3. The Balaban J connectivity index is 1.33. The third-order valence-electron chi connectivity index (χ3n) is 4.74. The number of fused-ring (bicyclic) bond motifs is 1. The number of carbonyl (C=O) groups excluding carboxylic acids is 2. The lowest BCUT2D eigenvalue weighted by Crippen LogP contribution is -2.35. The van der Waals surface area contributed by atoms with Crippen LogP contribution in [0.2, 0.25) is 0 Å². The van der Waals surface area contributed by atoms with Gasteiger partial charge in [0.05, 0.1) is 24.2 Å². The number of Topliss-reactive ketones (excluding diaryl/α,β-unsaturated/α-hetero) is 1. The summed E-state index contributed by atoms with van der Waals surface area (Å²) >= 11 is 3.37. The highest BCUT2D eigenvalue weighted by atomic mass is 79.9. The standard InChI is InChI=1S/C23H19BrN4O2/c24-19-8-6-17(7-9-19)21(29)15-28-14-13-27(16-28)12-10-22(30)26-20-5-1-3-18-4-2-11-25-23(18)20/h1-9,11,13-14,16H,10,12,15H2/p+1. The van der Waals surface area contributed by atoms with E-state index in [4.69, 9.17) is 0 Å². The fraction of sp³-hybridized carbons (Fsp3) is 0.130. The number of anilines is 1. The van der Waals surface area contributed by atoms with E-state index in [-0.39, 0.29) is 18.2 Å². The van der Waals surface area contributed by atoms with Gasteiger partial charge in [-0.15, -0.1) is 0 Å². The first-order valence-electron chi connectivity index (χ1n) is 9.56. The molecule has 0 spiro atoms. The summed E-state index contributed by atoms with van der Waals surface area (Å²) in [6.45, 7) is 0.770. The molecule has 4 aromatic rings. The second-order valence-electron chi connectivity index (χ2n) is 6.93. The van der Waals surface area contributed by atoms with E-state index >= 15 is 0 Å². The summed E-state index contributed by atoms with van der Waals surface area (Å²) in [6, 6.07) is 16.9. The first-order valence-corrected chi connectivity index (χ1v) is 10.3. The van der Waals surface area contributed by atoms with E-state index in [2.05, 4.69) is 26.2 Å². The summed E-state index contributed by atoms with van der Waals surface area (Å²) in [4.78, 5) is 29.2. The van der Waals surface area contributed by atoms with Gasteiger partial charge in [0.25, 0.3) is 0 Å². The zero-order valence-corrected chi connectivity index (χ0v) is 17.7. The number of nitrogens with zero attached hydrogens (tertiary/aromatic N) is 3. The Bertz CT molecular complexity index is 1200. The molecule has 0 fully saturated rings. The highest BCUT2D eigenvalue weighted by molar-refractivity contribution is 9.10. The molecule has 0 aliphatic heterocycles. The Labute approximate surface area is 182 Å². The zero-order chi connectivity index (χ0) is 20.9. The van der Waals surface area contributed by atoms with Crippen molar-refractivity contribution in [1.82, 2.24) is 9.55 Å². The number of benzene rings is 2. The summed E-state index contributed by atoms with van der Waals surface area (Å²) in [6.07, 6.45) is 7.57. The lowest BCUT2D eigenvalue weighted by Gasteiger charge is -2.07. The number of rotatable bonds is 7. The van der Waals surface area contributed by atoms with Crippen LogP contribution in [0.1, 0.15) is 16.8 Å². The number of para-hydroxylation sites is 1. The molecule has 0 bridgehead atoms. The predicted octanol–water partition coefficient (Wildman–Crippen LogP) is 4.00. The van der Waals surface area contributed by atoms with Crippen LogP contribution in [0.5, 0.6) is 0 Å². The summed E-state index contributed by atoms with van der Waals surface area (Å²) in [5, 5.41) is 3.92. The van der Waals surface area contributed by atoms with Crippen molar-refractivity contribution in [1.29, 1.82) is 0 Å². The monoisotopic (exact) mass is 463 g/mol. The van der Waals surface area contributed by atoms with Gasteiger partial charge in [0.15, 0.2) is 6.54 Å². The normalized spacial score (nSPS) is 10.8. The van der Waals surface area contributed by atoms with Gasteiger partial charge in [0.1, 0.15) is 12.4 Å². The lowest BCUT2D eigenvalue weighted by molar-refractivity contribution is -0.682. The number of hydrogen-bond donors (Lipinski definition) is 1. The third-order valence-corrected chi connectivity index (χ3v) is 5.27. The molecule has 0 aliphatic carbocycles. The Morgan fingerprint density at radius 1 is 1.07 bits per heavy atom. The van der Waals surface area contributed by atoms with Gasteiger partial charge >= 0.3 is 0 Å². The van der Waals surface area contributed by atoms with Gasteiger partial charge in [-0.2, -0.15) is 0 Å². The summed E-state index contributed by atoms with van der Waals surface area (Å²) in [5.41, 5.74) is 2.15. The average Bonchev–Trinajstić information content (AvgIpc) is 3.20. The summed E-state index contributed by atoms with van der Waals surface area (Å²) in [5.74, 6) is -0.0502. The largest absolute Gasteiger partial charge is 0.324 e. The van der Waals surface area contributed by atoms with Crippen molar-refractivity contribution in [2.24, 2.45) is 0 Å². The van der Waals surface area contributed by atoms with E-state index in [0.29, 0.717) is 24.2 Å². The van der Waals surface area contributed by atoms with Gasteiger partial charge in [-0.25, -0.2) is 9.13 Å². The molecule has 2 aromatic carbocycles. The minimum atomic E-state index is -0.0839. The van der Waals surface area contributed by atoms with Crippen molar-refractivity contribution in [2.45, 2.75) is 19.5 Å². The van der Waals surface area contributed by atoms with Crippen molar-refractivity contribution in [2.75, 3.05) is 5.32 Å². The topological polar surface area (TPSA) is 67.9 Å². The van der Waals surface area contributed by atoms with E-state index in [1.165, 1.54) is 0 Å². The first-order chi connectivity index (χ1) is 14.6. The quantitative estimate of drug-likeness (QED) is 0.332. The molecule has 0 saturated carbocycles. The minimum absolute atomic E-state index is 0.0337. The second-order valence-corrected chi connectivity index (χ2v) is 7.85. The number of hydrogen-bond acceptors (Lipinski definition) is 3. The third kappa shape index (κ3) is 4.80. The van der Waals surface area contributed by atoms with Crippen LogP contribution in [0.15, 0.2) is 84.0 Å². The molecule has 0 unspecified atom stereocenters. The van der Waals surface area contributed by atoms with Crippen molar-refractivity contribution >= 4 is 44.2 Å². The number of aryl methyl sites for hydroxylation is 1. The second kappa shape index (κ2) is 9.00. The van der Waals surface area contributed by atoms with Gasteiger partial charge in [-0.05, 0) is 24.3 Å². The van der Waals surface area contributed by atoms with Crippen molar-refractivity contribution < 1.29 is 14.2 Å². The smallest absolute Gasteiger partial charge is 0.244 e. The molecule has 0 atom stereocenters. The van der Waals surface area contributed by atoms with E-state index in [9.17, 15) is 9.59 Å². The fourth-order valence-corrected chi connectivity index (χ4v) is 3.47. The van der Waals surface area contributed by atoms with Crippen LogP contribution < -0.4 is 9.88 Å². The predicted molar refractivity (Wildman–Crippen MR) is 118 cm³/mol. The van der Waals surface area contributed by atoms with Gasteiger partial charge in [-0.3, -0.25) is 14.6 Å². The number of pyridine rings is 1. The van der Waals surface area contributed by atoms with Crippen LogP contribution in [0, 0.1) is 0 Å². The molecule has 30 heavy (non-hydrogen) atoms. The molecule has 4 rings (SSSR count). The van der Waals surface area contributed by atoms with E-state index in [1.54, 1.807) is 18.3 Å². The van der Waals surface area contributed by atoms with Gasteiger partial charge in [0, 0.05) is 21.6 Å². The number of halogens is 1. The van der Waals surface area contributed by atoms with Crippen LogP contribution in [-0.4, -0.2) is 21.2 Å². The molecular weight excluding hydrogens is 444 g/mol. The molecular formula is C23H20BrN4O2+. The molecule has 7 heteroatoms. The Hall–Kier alpha value is -3.32. The maximum atomic E-state index is 12.4.